The Kier molecular flexibility index (Phi) is 6.37. The molecule has 3 heterocycles. The molecule has 0 radical (unpaired) electrons. The quantitative estimate of drug-likeness (QED) is 0.369. The minimum absolute atomic E-state index is 0.0916. The van der Waals surface area contributed by atoms with Gasteiger partial charge < -0.3 is 24.8 Å². The third-order valence-electron chi connectivity index (χ3n) is 6.35. The van der Waals surface area contributed by atoms with Gasteiger partial charge in [0.05, 0.1) is 24.2 Å². The highest BCUT2D eigenvalue weighted by atomic mass is 16.5. The van der Waals surface area contributed by atoms with Gasteiger partial charge in [0.25, 0.3) is 5.91 Å². The average molecular weight is 473 g/mol. The zero-order valence-corrected chi connectivity index (χ0v) is 19.8. The van der Waals surface area contributed by atoms with E-state index in [0.717, 1.165) is 28.6 Å². The summed E-state index contributed by atoms with van der Waals surface area (Å²) in [7, 11) is 0. The van der Waals surface area contributed by atoms with E-state index in [9.17, 15) is 9.59 Å². The number of para-hydroxylation sites is 2. The molecule has 35 heavy (non-hydrogen) atoms. The van der Waals surface area contributed by atoms with Crippen molar-refractivity contribution in [1.29, 1.82) is 0 Å². The third-order valence-corrected chi connectivity index (χ3v) is 6.35. The summed E-state index contributed by atoms with van der Waals surface area (Å²) >= 11 is 0. The van der Waals surface area contributed by atoms with Crippen LogP contribution in [-0.2, 0) is 27.3 Å². The summed E-state index contributed by atoms with van der Waals surface area (Å²) in [6.45, 7) is 4.65. The lowest BCUT2D eigenvalue weighted by Crippen LogP contribution is -2.27. The molecule has 1 aliphatic rings. The third kappa shape index (κ3) is 4.83. The SMILES string of the molecule is Cc1[nH]c2ccccc2c1CC(=O)NCc1nc(-c2ccccc2NC(=O)C2CCCO2)oc1C. The molecule has 1 aliphatic heterocycles. The summed E-state index contributed by atoms with van der Waals surface area (Å²) < 4.78 is 11.4. The van der Waals surface area contributed by atoms with Gasteiger partial charge in [0.15, 0.2) is 0 Å². The molecule has 2 amide bonds. The zero-order valence-electron chi connectivity index (χ0n) is 19.8. The number of anilines is 1. The van der Waals surface area contributed by atoms with Crippen molar-refractivity contribution >= 4 is 28.4 Å². The molecule has 8 nitrogen and oxygen atoms in total. The number of carbonyl (C=O) groups is 2. The number of aromatic amines is 1. The second-order valence-corrected chi connectivity index (χ2v) is 8.79. The summed E-state index contributed by atoms with van der Waals surface area (Å²) in [6, 6.07) is 15.3. The van der Waals surface area contributed by atoms with E-state index in [1.165, 1.54) is 0 Å². The summed E-state index contributed by atoms with van der Waals surface area (Å²) in [4.78, 5) is 33.2. The summed E-state index contributed by atoms with van der Waals surface area (Å²) in [6.07, 6.45) is 1.44. The van der Waals surface area contributed by atoms with Crippen LogP contribution in [0.4, 0.5) is 5.69 Å². The molecule has 180 valence electrons. The topological polar surface area (TPSA) is 109 Å². The number of fused-ring (bicyclic) bond motifs is 1. The van der Waals surface area contributed by atoms with Gasteiger partial charge in [-0.3, -0.25) is 9.59 Å². The van der Waals surface area contributed by atoms with Crippen LogP contribution in [0, 0.1) is 13.8 Å². The highest BCUT2D eigenvalue weighted by molar-refractivity contribution is 5.97. The molecule has 2 aromatic heterocycles. The van der Waals surface area contributed by atoms with E-state index in [0.29, 0.717) is 41.6 Å². The fraction of sp³-hybridized carbons (Fsp3) is 0.296. The lowest BCUT2D eigenvalue weighted by molar-refractivity contribution is -0.124. The minimum Gasteiger partial charge on any atom is -0.441 e. The van der Waals surface area contributed by atoms with Crippen molar-refractivity contribution in [3.8, 4) is 11.5 Å². The first kappa shape index (κ1) is 22.9. The number of aromatic nitrogens is 2. The van der Waals surface area contributed by atoms with Crippen LogP contribution in [0.25, 0.3) is 22.4 Å². The average Bonchev–Trinajstić information content (AvgIpc) is 3.58. The molecule has 1 unspecified atom stereocenters. The fourth-order valence-electron chi connectivity index (χ4n) is 4.45. The standard InChI is InChI=1S/C27H28N4O4/c1-16-20(18-8-3-5-10-21(18)29-16)14-25(32)28-15-23-17(2)35-27(31-23)19-9-4-6-11-22(19)30-26(33)24-12-7-13-34-24/h3-6,8-11,24,29H,7,12-15H2,1-2H3,(H,28,32)(H,30,33). The Morgan fingerprint density at radius 3 is 2.74 bits per heavy atom. The summed E-state index contributed by atoms with van der Waals surface area (Å²) in [5.41, 5.74) is 4.93. The summed E-state index contributed by atoms with van der Waals surface area (Å²) in [5.74, 6) is 0.746. The number of oxazole rings is 1. The van der Waals surface area contributed by atoms with Gasteiger partial charge in [0.2, 0.25) is 11.8 Å². The van der Waals surface area contributed by atoms with Gasteiger partial charge in [-0.2, -0.15) is 0 Å². The molecular weight excluding hydrogens is 444 g/mol. The van der Waals surface area contributed by atoms with Gasteiger partial charge in [0.1, 0.15) is 17.6 Å². The van der Waals surface area contributed by atoms with E-state index >= 15 is 0 Å². The highest BCUT2D eigenvalue weighted by Gasteiger charge is 2.25. The van der Waals surface area contributed by atoms with Crippen molar-refractivity contribution in [1.82, 2.24) is 15.3 Å². The number of rotatable bonds is 7. The van der Waals surface area contributed by atoms with Crippen LogP contribution in [0.5, 0.6) is 0 Å². The van der Waals surface area contributed by atoms with E-state index in [1.807, 2.05) is 62.4 Å². The summed E-state index contributed by atoms with van der Waals surface area (Å²) in [5, 5.41) is 6.95. The van der Waals surface area contributed by atoms with Crippen LogP contribution in [0.3, 0.4) is 0 Å². The maximum absolute atomic E-state index is 12.7. The Morgan fingerprint density at radius 2 is 1.91 bits per heavy atom. The maximum atomic E-state index is 12.7. The lowest BCUT2D eigenvalue weighted by Gasteiger charge is -2.12. The molecule has 2 aromatic carbocycles. The first-order chi connectivity index (χ1) is 17.0. The molecule has 4 aromatic rings. The number of hydrogen-bond acceptors (Lipinski definition) is 5. The Bertz CT molecular complexity index is 1380. The van der Waals surface area contributed by atoms with Gasteiger partial charge >= 0.3 is 0 Å². The molecule has 8 heteroatoms. The number of nitrogens with zero attached hydrogens (tertiary/aromatic N) is 1. The number of ether oxygens (including phenoxy) is 1. The monoisotopic (exact) mass is 472 g/mol. The van der Waals surface area contributed by atoms with E-state index in [2.05, 4.69) is 20.6 Å². The second-order valence-electron chi connectivity index (χ2n) is 8.79. The number of carbonyl (C=O) groups excluding carboxylic acids is 2. The van der Waals surface area contributed by atoms with E-state index in [-0.39, 0.29) is 24.8 Å². The van der Waals surface area contributed by atoms with E-state index < -0.39 is 6.10 Å². The number of H-pyrrole nitrogens is 1. The number of amides is 2. The van der Waals surface area contributed by atoms with Gasteiger partial charge in [-0.05, 0) is 50.5 Å². The predicted octanol–water partition coefficient (Wildman–Crippen LogP) is 4.42. The van der Waals surface area contributed by atoms with E-state index in [1.54, 1.807) is 0 Å². The zero-order chi connectivity index (χ0) is 24.4. The first-order valence-electron chi connectivity index (χ1n) is 11.8. The number of nitrogens with one attached hydrogen (secondary N) is 3. The van der Waals surface area contributed by atoms with Gasteiger partial charge in [-0.15, -0.1) is 0 Å². The van der Waals surface area contributed by atoms with Gasteiger partial charge in [0, 0.05) is 23.2 Å². The molecule has 0 saturated carbocycles. The van der Waals surface area contributed by atoms with Gasteiger partial charge in [-0.1, -0.05) is 30.3 Å². The smallest absolute Gasteiger partial charge is 0.253 e. The molecule has 1 atom stereocenters. The van der Waals surface area contributed by atoms with Crippen molar-refractivity contribution in [2.24, 2.45) is 0 Å². The highest BCUT2D eigenvalue weighted by Crippen LogP contribution is 2.29. The molecule has 0 bridgehead atoms. The van der Waals surface area contributed by atoms with Crippen LogP contribution < -0.4 is 10.6 Å². The van der Waals surface area contributed by atoms with Crippen molar-refractivity contribution < 1.29 is 18.7 Å². The minimum atomic E-state index is -0.430. The van der Waals surface area contributed by atoms with Crippen LogP contribution in [-0.4, -0.2) is 34.5 Å². The van der Waals surface area contributed by atoms with Crippen molar-refractivity contribution in [2.45, 2.75) is 45.8 Å². The molecule has 3 N–H and O–H groups in total. The Morgan fingerprint density at radius 1 is 1.11 bits per heavy atom. The Labute approximate surface area is 203 Å². The van der Waals surface area contributed by atoms with Gasteiger partial charge in [-0.25, -0.2) is 4.98 Å². The van der Waals surface area contributed by atoms with Crippen LogP contribution in [0.1, 0.15) is 35.6 Å². The van der Waals surface area contributed by atoms with Crippen LogP contribution >= 0.6 is 0 Å². The van der Waals surface area contributed by atoms with Crippen LogP contribution in [0.15, 0.2) is 52.9 Å². The molecular formula is C27H28N4O4. The first-order valence-corrected chi connectivity index (χ1v) is 11.8. The largest absolute Gasteiger partial charge is 0.441 e. The van der Waals surface area contributed by atoms with Crippen molar-refractivity contribution in [3.63, 3.8) is 0 Å². The fourth-order valence-corrected chi connectivity index (χ4v) is 4.45. The van der Waals surface area contributed by atoms with Crippen molar-refractivity contribution in [3.05, 3.63) is 71.2 Å². The van der Waals surface area contributed by atoms with Crippen LogP contribution in [0.2, 0.25) is 0 Å². The molecule has 0 spiro atoms. The second kappa shape index (κ2) is 9.76. The van der Waals surface area contributed by atoms with Crippen molar-refractivity contribution in [2.75, 3.05) is 11.9 Å². The Balaban J connectivity index is 1.27. The normalized spacial score (nSPS) is 15.4. The number of aryl methyl sites for hydroxylation is 2. The molecule has 5 rings (SSSR count). The Hall–Kier alpha value is -3.91. The number of benzene rings is 2. The molecule has 1 saturated heterocycles. The van der Waals surface area contributed by atoms with E-state index in [4.69, 9.17) is 9.15 Å². The maximum Gasteiger partial charge on any atom is 0.253 e. The molecule has 0 aliphatic carbocycles. The number of hydrogen-bond donors (Lipinski definition) is 3. The lowest BCUT2D eigenvalue weighted by atomic mass is 10.1. The molecule has 1 fully saturated rings. The predicted molar refractivity (Wildman–Crippen MR) is 133 cm³/mol.